The summed E-state index contributed by atoms with van der Waals surface area (Å²) < 4.78 is 28.3. The van der Waals surface area contributed by atoms with Crippen LogP contribution in [0.2, 0.25) is 0 Å². The van der Waals surface area contributed by atoms with Crippen LogP contribution in [0.4, 0.5) is 8.78 Å². The SMILES string of the molecule is CCC(C)n1cc(C=O)c(-c2ccc(F)cc2F)n1. The second-order valence-corrected chi connectivity index (χ2v) is 4.41. The maximum atomic E-state index is 13.7. The minimum atomic E-state index is -0.725. The van der Waals surface area contributed by atoms with E-state index in [4.69, 9.17) is 0 Å². The van der Waals surface area contributed by atoms with E-state index in [0.717, 1.165) is 18.6 Å². The molecule has 1 aromatic heterocycles. The second-order valence-electron chi connectivity index (χ2n) is 4.41. The van der Waals surface area contributed by atoms with Crippen molar-refractivity contribution < 1.29 is 13.6 Å². The van der Waals surface area contributed by atoms with Gasteiger partial charge >= 0.3 is 0 Å². The summed E-state index contributed by atoms with van der Waals surface area (Å²) in [5.41, 5.74) is 0.671. The fraction of sp³-hybridized carbons (Fsp3) is 0.286. The molecule has 0 N–H and O–H groups in total. The van der Waals surface area contributed by atoms with Gasteiger partial charge in [0.2, 0.25) is 0 Å². The Morgan fingerprint density at radius 3 is 2.74 bits per heavy atom. The van der Waals surface area contributed by atoms with Crippen molar-refractivity contribution in [3.8, 4) is 11.3 Å². The molecule has 1 atom stereocenters. The number of nitrogens with zero attached hydrogens (tertiary/aromatic N) is 2. The van der Waals surface area contributed by atoms with Gasteiger partial charge in [-0.2, -0.15) is 5.10 Å². The Morgan fingerprint density at radius 2 is 2.16 bits per heavy atom. The van der Waals surface area contributed by atoms with Gasteiger partial charge in [-0.25, -0.2) is 8.78 Å². The summed E-state index contributed by atoms with van der Waals surface area (Å²) in [6, 6.07) is 3.33. The van der Waals surface area contributed by atoms with Crippen LogP contribution < -0.4 is 0 Å². The normalized spacial score (nSPS) is 12.4. The van der Waals surface area contributed by atoms with E-state index in [-0.39, 0.29) is 17.3 Å². The first kappa shape index (κ1) is 13.4. The van der Waals surface area contributed by atoms with E-state index in [1.54, 1.807) is 10.9 Å². The zero-order chi connectivity index (χ0) is 14.0. The molecule has 1 heterocycles. The Morgan fingerprint density at radius 1 is 1.42 bits per heavy atom. The summed E-state index contributed by atoms with van der Waals surface area (Å²) in [5, 5.41) is 4.24. The van der Waals surface area contributed by atoms with Crippen molar-refractivity contribution in [1.82, 2.24) is 9.78 Å². The van der Waals surface area contributed by atoms with E-state index >= 15 is 0 Å². The number of hydrogen-bond donors (Lipinski definition) is 0. The second kappa shape index (κ2) is 5.30. The van der Waals surface area contributed by atoms with Crippen LogP contribution in [0.5, 0.6) is 0 Å². The molecule has 0 aliphatic heterocycles. The fourth-order valence-corrected chi connectivity index (χ4v) is 1.80. The first-order valence-corrected chi connectivity index (χ1v) is 6.06. The van der Waals surface area contributed by atoms with Gasteiger partial charge in [-0.1, -0.05) is 6.92 Å². The molecule has 100 valence electrons. The number of carbonyl (C=O) groups is 1. The monoisotopic (exact) mass is 264 g/mol. The van der Waals surface area contributed by atoms with Crippen molar-refractivity contribution in [2.45, 2.75) is 26.3 Å². The zero-order valence-electron chi connectivity index (χ0n) is 10.7. The smallest absolute Gasteiger partial charge is 0.153 e. The number of hydrogen-bond acceptors (Lipinski definition) is 2. The number of rotatable bonds is 4. The third-order valence-corrected chi connectivity index (χ3v) is 3.12. The highest BCUT2D eigenvalue weighted by Gasteiger charge is 2.16. The molecule has 0 bridgehead atoms. The first-order valence-electron chi connectivity index (χ1n) is 6.06. The molecular weight excluding hydrogens is 250 g/mol. The fourth-order valence-electron chi connectivity index (χ4n) is 1.80. The van der Waals surface area contributed by atoms with E-state index in [9.17, 15) is 13.6 Å². The highest BCUT2D eigenvalue weighted by molar-refractivity contribution is 5.85. The Kier molecular flexibility index (Phi) is 3.74. The van der Waals surface area contributed by atoms with Crippen LogP contribution in [0.15, 0.2) is 24.4 Å². The average Bonchev–Trinajstić information content (AvgIpc) is 2.81. The lowest BCUT2D eigenvalue weighted by Gasteiger charge is -2.08. The highest BCUT2D eigenvalue weighted by Crippen LogP contribution is 2.26. The van der Waals surface area contributed by atoms with E-state index in [0.29, 0.717) is 11.8 Å². The van der Waals surface area contributed by atoms with Gasteiger partial charge in [-0.15, -0.1) is 0 Å². The van der Waals surface area contributed by atoms with Gasteiger partial charge in [-0.05, 0) is 25.5 Å². The van der Waals surface area contributed by atoms with E-state index in [2.05, 4.69) is 5.10 Å². The van der Waals surface area contributed by atoms with Gasteiger partial charge in [0.1, 0.15) is 17.3 Å². The molecule has 0 fully saturated rings. The average molecular weight is 264 g/mol. The van der Waals surface area contributed by atoms with Gasteiger partial charge < -0.3 is 0 Å². The topological polar surface area (TPSA) is 34.9 Å². The Labute approximate surface area is 109 Å². The van der Waals surface area contributed by atoms with Gasteiger partial charge in [0.25, 0.3) is 0 Å². The molecule has 1 aromatic carbocycles. The molecule has 19 heavy (non-hydrogen) atoms. The number of aromatic nitrogens is 2. The maximum Gasteiger partial charge on any atom is 0.153 e. The van der Waals surface area contributed by atoms with Crippen LogP contribution in [0.1, 0.15) is 36.7 Å². The molecule has 3 nitrogen and oxygen atoms in total. The lowest BCUT2D eigenvalue weighted by Crippen LogP contribution is -2.04. The van der Waals surface area contributed by atoms with Gasteiger partial charge in [0, 0.05) is 23.9 Å². The summed E-state index contributed by atoms with van der Waals surface area (Å²) in [7, 11) is 0. The minimum absolute atomic E-state index is 0.107. The lowest BCUT2D eigenvalue weighted by molar-refractivity contribution is 0.112. The van der Waals surface area contributed by atoms with Gasteiger partial charge in [0.05, 0.1) is 5.56 Å². The van der Waals surface area contributed by atoms with Gasteiger partial charge in [0.15, 0.2) is 6.29 Å². The number of benzene rings is 1. The first-order chi connectivity index (χ1) is 9.06. The molecule has 2 aromatic rings. The summed E-state index contributed by atoms with van der Waals surface area (Å²) in [4.78, 5) is 11.1. The van der Waals surface area contributed by atoms with Crippen LogP contribution in [-0.4, -0.2) is 16.1 Å². The van der Waals surface area contributed by atoms with Crippen molar-refractivity contribution in [3.05, 3.63) is 41.6 Å². The van der Waals surface area contributed by atoms with Crippen LogP contribution in [-0.2, 0) is 0 Å². The Bertz CT molecular complexity index is 607. The molecular formula is C14H14F2N2O. The van der Waals surface area contributed by atoms with Gasteiger partial charge in [-0.3, -0.25) is 9.48 Å². The summed E-state index contributed by atoms with van der Waals surface area (Å²) in [6.07, 6.45) is 3.05. The predicted octanol–water partition coefficient (Wildman–Crippen LogP) is 3.61. The molecule has 5 heteroatoms. The summed E-state index contributed by atoms with van der Waals surface area (Å²) in [5.74, 6) is -1.38. The molecule has 2 rings (SSSR count). The molecule has 0 aliphatic rings. The predicted molar refractivity (Wildman–Crippen MR) is 68.0 cm³/mol. The minimum Gasteiger partial charge on any atom is -0.298 e. The lowest BCUT2D eigenvalue weighted by atomic mass is 10.1. The Hall–Kier alpha value is -2.04. The van der Waals surface area contributed by atoms with Crippen LogP contribution >= 0.6 is 0 Å². The number of carbonyl (C=O) groups excluding carboxylic acids is 1. The van der Waals surface area contributed by atoms with Crippen molar-refractivity contribution in [1.29, 1.82) is 0 Å². The molecule has 1 unspecified atom stereocenters. The van der Waals surface area contributed by atoms with Crippen molar-refractivity contribution in [2.24, 2.45) is 0 Å². The number of aldehydes is 1. The largest absolute Gasteiger partial charge is 0.298 e. The standard InChI is InChI=1S/C14H14F2N2O/c1-3-9(2)18-7-10(8-19)14(17-18)12-5-4-11(15)6-13(12)16/h4-9H,3H2,1-2H3. The third-order valence-electron chi connectivity index (χ3n) is 3.12. The van der Waals surface area contributed by atoms with E-state index in [1.165, 1.54) is 6.07 Å². The van der Waals surface area contributed by atoms with Crippen LogP contribution in [0.25, 0.3) is 11.3 Å². The van der Waals surface area contributed by atoms with Crippen molar-refractivity contribution in [3.63, 3.8) is 0 Å². The van der Waals surface area contributed by atoms with Crippen LogP contribution in [0.3, 0.4) is 0 Å². The molecule has 0 radical (unpaired) electrons. The van der Waals surface area contributed by atoms with Crippen LogP contribution in [0, 0.1) is 11.6 Å². The molecule has 0 spiro atoms. The highest BCUT2D eigenvalue weighted by atomic mass is 19.1. The quantitative estimate of drug-likeness (QED) is 0.791. The van der Waals surface area contributed by atoms with Crippen molar-refractivity contribution >= 4 is 6.29 Å². The summed E-state index contributed by atoms with van der Waals surface area (Å²) in [6.45, 7) is 3.94. The molecule has 0 saturated carbocycles. The molecule has 0 amide bonds. The molecule has 0 saturated heterocycles. The molecule has 0 aliphatic carbocycles. The summed E-state index contributed by atoms with van der Waals surface area (Å²) >= 11 is 0. The third kappa shape index (κ3) is 2.54. The zero-order valence-corrected chi connectivity index (χ0v) is 10.7. The number of halogens is 2. The van der Waals surface area contributed by atoms with E-state index in [1.807, 2.05) is 13.8 Å². The van der Waals surface area contributed by atoms with E-state index < -0.39 is 11.6 Å². The Balaban J connectivity index is 2.54. The maximum absolute atomic E-state index is 13.7. The van der Waals surface area contributed by atoms with Crippen molar-refractivity contribution in [2.75, 3.05) is 0 Å².